The summed E-state index contributed by atoms with van der Waals surface area (Å²) in [4.78, 5) is 30.0. The van der Waals surface area contributed by atoms with Crippen molar-refractivity contribution in [2.45, 2.75) is 33.7 Å². The number of nitrogens with one attached hydrogen (secondary N) is 1. The van der Waals surface area contributed by atoms with Gasteiger partial charge >= 0.3 is 0 Å². The van der Waals surface area contributed by atoms with E-state index in [0.29, 0.717) is 28.5 Å². The molecule has 1 N–H and O–H groups in total. The highest BCUT2D eigenvalue weighted by molar-refractivity contribution is 6.18. The number of anilines is 3. The van der Waals surface area contributed by atoms with Crippen molar-refractivity contribution < 1.29 is 9.59 Å². The second-order valence-electron chi connectivity index (χ2n) is 6.45. The maximum Gasteiger partial charge on any atom is 0.276 e. The third-order valence-electron chi connectivity index (χ3n) is 4.96. The lowest BCUT2D eigenvalue weighted by Gasteiger charge is -2.31. The number of benzene rings is 1. The molecular formula is C19H25N5O2. The molecule has 0 fully saturated rings. The van der Waals surface area contributed by atoms with E-state index in [0.717, 1.165) is 13.1 Å². The molecule has 0 radical (unpaired) electrons. The van der Waals surface area contributed by atoms with Crippen LogP contribution in [0.1, 0.15) is 37.0 Å². The lowest BCUT2D eigenvalue weighted by Crippen LogP contribution is -2.45. The first kappa shape index (κ1) is 18.1. The van der Waals surface area contributed by atoms with Crippen molar-refractivity contribution in [3.8, 4) is 0 Å². The summed E-state index contributed by atoms with van der Waals surface area (Å²) in [6.07, 6.45) is 0. The van der Waals surface area contributed by atoms with Crippen LogP contribution in [-0.2, 0) is 11.8 Å². The number of carbonyl (C=O) groups excluding carboxylic acids is 2. The molecule has 26 heavy (non-hydrogen) atoms. The van der Waals surface area contributed by atoms with Gasteiger partial charge in [-0.1, -0.05) is 26.0 Å². The molecule has 1 unspecified atom stereocenters. The zero-order valence-electron chi connectivity index (χ0n) is 15.9. The van der Waals surface area contributed by atoms with Gasteiger partial charge in [-0.3, -0.25) is 24.1 Å². The average molecular weight is 355 g/mol. The Morgan fingerprint density at radius 1 is 1.27 bits per heavy atom. The van der Waals surface area contributed by atoms with Crippen molar-refractivity contribution in [3.05, 3.63) is 35.7 Å². The molecule has 0 saturated carbocycles. The van der Waals surface area contributed by atoms with Gasteiger partial charge < -0.3 is 5.32 Å². The Hall–Kier alpha value is -2.67. The first-order valence-electron chi connectivity index (χ1n) is 8.92. The molecule has 0 bridgehead atoms. The molecule has 7 nitrogen and oxygen atoms in total. The number of likely N-dealkylation sites (N-methyl/N-ethyl adjacent to an activating group) is 1. The smallest absolute Gasteiger partial charge is 0.276 e. The van der Waals surface area contributed by atoms with E-state index in [1.165, 1.54) is 4.68 Å². The fraction of sp³-hybridized carbons (Fsp3) is 0.421. The molecule has 1 atom stereocenters. The Balaban J connectivity index is 2.22. The van der Waals surface area contributed by atoms with E-state index in [2.05, 4.69) is 15.3 Å². The van der Waals surface area contributed by atoms with Crippen molar-refractivity contribution in [3.63, 3.8) is 0 Å². The second-order valence-corrected chi connectivity index (χ2v) is 6.45. The average Bonchev–Trinajstić information content (AvgIpc) is 2.83. The molecule has 0 spiro atoms. The second kappa shape index (κ2) is 6.92. The molecule has 2 aromatic rings. The van der Waals surface area contributed by atoms with Gasteiger partial charge in [-0.15, -0.1) is 0 Å². The molecule has 0 aliphatic carbocycles. The van der Waals surface area contributed by atoms with Crippen LogP contribution in [0.5, 0.6) is 0 Å². The van der Waals surface area contributed by atoms with Crippen LogP contribution in [0, 0.1) is 6.92 Å². The largest absolute Gasteiger partial charge is 0.319 e. The fourth-order valence-corrected chi connectivity index (χ4v) is 3.59. The summed E-state index contributed by atoms with van der Waals surface area (Å²) < 4.78 is 1.54. The molecule has 1 aliphatic heterocycles. The Morgan fingerprint density at radius 2 is 1.92 bits per heavy atom. The number of rotatable bonds is 4. The summed E-state index contributed by atoms with van der Waals surface area (Å²) in [7, 11) is 1.72. The third kappa shape index (κ3) is 2.78. The minimum atomic E-state index is -0.321. The molecule has 3 rings (SSSR count). The summed E-state index contributed by atoms with van der Waals surface area (Å²) in [6.45, 7) is 9.35. The molecule has 1 aliphatic rings. The normalized spacial score (nSPS) is 14.5. The van der Waals surface area contributed by atoms with Gasteiger partial charge in [0.2, 0.25) is 5.91 Å². The summed E-state index contributed by atoms with van der Waals surface area (Å²) in [6, 6.07) is 7.05. The van der Waals surface area contributed by atoms with Crippen LogP contribution in [-0.4, -0.2) is 45.6 Å². The van der Waals surface area contributed by atoms with Crippen LogP contribution < -0.4 is 10.2 Å². The van der Waals surface area contributed by atoms with Crippen molar-refractivity contribution in [1.82, 2.24) is 14.7 Å². The quantitative estimate of drug-likeness (QED) is 0.915. The van der Waals surface area contributed by atoms with Crippen molar-refractivity contribution in [2.75, 3.05) is 23.3 Å². The number of hydrogen-bond donors (Lipinski definition) is 1. The Kier molecular flexibility index (Phi) is 4.82. The number of hydrogen-bond acceptors (Lipinski definition) is 4. The molecular weight excluding hydrogens is 330 g/mol. The number of aromatic nitrogens is 2. The lowest BCUT2D eigenvalue weighted by molar-refractivity contribution is -0.122. The molecule has 2 amide bonds. The van der Waals surface area contributed by atoms with Crippen LogP contribution in [0.4, 0.5) is 17.1 Å². The summed E-state index contributed by atoms with van der Waals surface area (Å²) in [5.74, 6) is -0.337. The maximum atomic E-state index is 13.5. The van der Waals surface area contributed by atoms with Gasteiger partial charge in [-0.2, -0.15) is 5.10 Å². The minimum Gasteiger partial charge on any atom is -0.319 e. The van der Waals surface area contributed by atoms with E-state index in [4.69, 9.17) is 0 Å². The number of aryl methyl sites for hydroxylation is 2. The zero-order valence-corrected chi connectivity index (χ0v) is 15.9. The van der Waals surface area contributed by atoms with E-state index in [-0.39, 0.29) is 17.9 Å². The van der Waals surface area contributed by atoms with Crippen molar-refractivity contribution in [2.24, 2.45) is 7.05 Å². The number of para-hydroxylation sites is 2. The van der Waals surface area contributed by atoms with Crippen LogP contribution in [0.15, 0.2) is 24.3 Å². The molecule has 138 valence electrons. The van der Waals surface area contributed by atoms with Gasteiger partial charge in [0, 0.05) is 7.05 Å². The van der Waals surface area contributed by atoms with E-state index in [9.17, 15) is 9.59 Å². The van der Waals surface area contributed by atoms with E-state index in [1.807, 2.05) is 52.0 Å². The molecule has 7 heteroatoms. The number of carbonyl (C=O) groups is 2. The van der Waals surface area contributed by atoms with Crippen LogP contribution >= 0.6 is 0 Å². The van der Waals surface area contributed by atoms with Gasteiger partial charge in [0.25, 0.3) is 5.91 Å². The summed E-state index contributed by atoms with van der Waals surface area (Å²) >= 11 is 0. The summed E-state index contributed by atoms with van der Waals surface area (Å²) in [5.41, 5.74) is 2.88. The highest BCUT2D eigenvalue weighted by atomic mass is 16.2. The monoisotopic (exact) mass is 355 g/mol. The van der Waals surface area contributed by atoms with Gasteiger partial charge in [0.05, 0.1) is 23.1 Å². The van der Waals surface area contributed by atoms with Gasteiger partial charge in [-0.05, 0) is 39.1 Å². The SMILES string of the molecule is CCN(CC)C(C)C(=O)N1c2ccccc2NC(=O)c2c1c(C)nn2C. The third-order valence-corrected chi connectivity index (χ3v) is 4.96. The molecule has 1 aromatic heterocycles. The molecule has 0 saturated heterocycles. The van der Waals surface area contributed by atoms with Gasteiger partial charge in [0.15, 0.2) is 5.69 Å². The zero-order chi connectivity index (χ0) is 19.0. The Morgan fingerprint density at radius 3 is 2.58 bits per heavy atom. The number of amides is 2. The maximum absolute atomic E-state index is 13.5. The number of fused-ring (bicyclic) bond motifs is 2. The van der Waals surface area contributed by atoms with Crippen LogP contribution in [0.2, 0.25) is 0 Å². The first-order valence-corrected chi connectivity index (χ1v) is 8.92. The van der Waals surface area contributed by atoms with Gasteiger partial charge in [0.1, 0.15) is 5.69 Å². The first-order chi connectivity index (χ1) is 12.4. The Bertz CT molecular complexity index is 854. The summed E-state index contributed by atoms with van der Waals surface area (Å²) in [5, 5.41) is 7.29. The van der Waals surface area contributed by atoms with Gasteiger partial charge in [-0.25, -0.2) is 0 Å². The predicted octanol–water partition coefficient (Wildman–Crippen LogP) is 2.69. The van der Waals surface area contributed by atoms with E-state index < -0.39 is 0 Å². The Labute approximate surface area is 153 Å². The number of nitrogens with zero attached hydrogens (tertiary/aromatic N) is 4. The van der Waals surface area contributed by atoms with Crippen LogP contribution in [0.25, 0.3) is 0 Å². The molecule has 1 aromatic carbocycles. The highest BCUT2D eigenvalue weighted by Crippen LogP contribution is 2.40. The lowest BCUT2D eigenvalue weighted by atomic mass is 10.1. The standard InChI is InChI=1S/C19H25N5O2/c1-6-23(7-2)13(4)19(26)24-15-11-9-8-10-14(15)20-18(25)17-16(24)12(3)21-22(17)5/h8-11,13H,6-7H2,1-5H3,(H,20,25). The minimum absolute atomic E-state index is 0.0741. The van der Waals surface area contributed by atoms with E-state index >= 15 is 0 Å². The molecule has 2 heterocycles. The topological polar surface area (TPSA) is 70.5 Å². The highest BCUT2D eigenvalue weighted by Gasteiger charge is 2.36. The van der Waals surface area contributed by atoms with E-state index in [1.54, 1.807) is 11.9 Å². The van der Waals surface area contributed by atoms with Crippen LogP contribution in [0.3, 0.4) is 0 Å². The predicted molar refractivity (Wildman–Crippen MR) is 102 cm³/mol. The fourth-order valence-electron chi connectivity index (χ4n) is 3.59. The van der Waals surface area contributed by atoms with Crippen molar-refractivity contribution in [1.29, 1.82) is 0 Å². The van der Waals surface area contributed by atoms with Crippen molar-refractivity contribution >= 4 is 28.9 Å².